The van der Waals surface area contributed by atoms with E-state index in [1.165, 1.54) is 17.0 Å². The monoisotopic (exact) mass is 666 g/mol. The number of nitrogens with two attached hydrogens (primary N) is 1. The number of aromatic nitrogens is 2. The third kappa shape index (κ3) is 5.83. The molecule has 2 fully saturated rings. The van der Waals surface area contributed by atoms with Gasteiger partial charge in [-0.15, -0.1) is 11.3 Å². The van der Waals surface area contributed by atoms with Crippen LogP contribution in [-0.2, 0) is 4.74 Å². The van der Waals surface area contributed by atoms with Gasteiger partial charge in [-0.05, 0) is 44.1 Å². The van der Waals surface area contributed by atoms with E-state index in [9.17, 15) is 20.0 Å². The minimum Gasteiger partial charge on any atom is -0.462 e. The molecule has 14 heteroatoms. The molecule has 0 amide bonds. The number of benzene rings is 2. The first-order chi connectivity index (χ1) is 23.6. The summed E-state index contributed by atoms with van der Waals surface area (Å²) in [5, 5.41) is 31.3. The van der Waals surface area contributed by atoms with Crippen LogP contribution in [0.5, 0.6) is 6.01 Å². The number of anilines is 2. The van der Waals surface area contributed by atoms with E-state index < -0.39 is 35.2 Å². The fraction of sp³-hybridized carbons (Fsp3) is 0.394. The van der Waals surface area contributed by atoms with Crippen molar-refractivity contribution in [3.05, 3.63) is 52.9 Å². The van der Waals surface area contributed by atoms with Gasteiger partial charge in [-0.2, -0.15) is 20.5 Å². The Labute approximate surface area is 277 Å². The third-order valence-electron chi connectivity index (χ3n) is 8.57. The quantitative estimate of drug-likeness (QED) is 0.289. The largest absolute Gasteiger partial charge is 0.462 e. The van der Waals surface area contributed by atoms with Crippen molar-refractivity contribution < 1.29 is 31.9 Å². The molecule has 2 aromatic carbocycles. The zero-order chi connectivity index (χ0) is 36.2. The molecule has 3 N–H and O–H groups in total. The Morgan fingerprint density at radius 1 is 1.21 bits per heavy atom. The predicted molar refractivity (Wildman–Crippen MR) is 173 cm³/mol. The number of likely N-dealkylation sites (tertiary alicyclic amines) is 1. The number of rotatable bonds is 5. The van der Waals surface area contributed by atoms with Crippen LogP contribution in [0.3, 0.4) is 0 Å². The van der Waals surface area contributed by atoms with Gasteiger partial charge in [-0.25, -0.2) is 13.2 Å². The summed E-state index contributed by atoms with van der Waals surface area (Å²) < 4.78 is 82.6. The first-order valence-electron chi connectivity index (χ1n) is 16.2. The summed E-state index contributed by atoms with van der Waals surface area (Å²) in [4.78, 5) is 11.8. The lowest BCUT2D eigenvalue weighted by atomic mass is 9.78. The zero-order valence-electron chi connectivity index (χ0n) is 28.5. The number of nitrogens with zero attached hydrogens (tertiary/aromatic N) is 6. The van der Waals surface area contributed by atoms with Gasteiger partial charge in [0.15, 0.2) is 5.82 Å². The SMILES string of the molecule is [2H]C([2H])([2H])N1CC/C(=C\F)[C@](C)(COc2nc(N3CCOC[C@@](C)(O)C3)c3cc(C#N)c(-c4c(F)ccc5sc(N)c(C#N)c45)c(F)c3n2)C1. The molecule has 4 heterocycles. The Kier molecular flexibility index (Phi) is 7.51. The van der Waals surface area contributed by atoms with Crippen molar-refractivity contribution in [2.75, 3.05) is 63.6 Å². The zero-order valence-corrected chi connectivity index (χ0v) is 26.3. The van der Waals surface area contributed by atoms with Crippen molar-refractivity contribution in [3.63, 3.8) is 0 Å². The van der Waals surface area contributed by atoms with Crippen LogP contribution in [0.15, 0.2) is 30.1 Å². The molecule has 6 rings (SSSR count). The Balaban J connectivity index is 1.56. The number of thiophene rings is 1. The Hall–Kier alpha value is -4.47. The maximum Gasteiger partial charge on any atom is 0.319 e. The van der Waals surface area contributed by atoms with Crippen LogP contribution in [0.2, 0.25) is 0 Å². The summed E-state index contributed by atoms with van der Waals surface area (Å²) >= 11 is 1.02. The van der Waals surface area contributed by atoms with Gasteiger partial charge in [0.1, 0.15) is 40.4 Å². The summed E-state index contributed by atoms with van der Waals surface area (Å²) in [6, 6.07) is 7.36. The Morgan fingerprint density at radius 3 is 2.74 bits per heavy atom. The van der Waals surface area contributed by atoms with E-state index in [0.29, 0.717) is 16.6 Å². The Bertz CT molecular complexity index is 2130. The van der Waals surface area contributed by atoms with E-state index in [1.807, 2.05) is 12.1 Å². The average Bonchev–Trinajstić information content (AvgIpc) is 3.27. The van der Waals surface area contributed by atoms with Crippen LogP contribution in [0.4, 0.5) is 24.0 Å². The second-order valence-corrected chi connectivity index (χ2v) is 13.4. The van der Waals surface area contributed by atoms with Gasteiger partial charge in [0.25, 0.3) is 0 Å². The number of fused-ring (bicyclic) bond motifs is 2. The first kappa shape index (κ1) is 28.7. The molecule has 0 unspecified atom stereocenters. The van der Waals surface area contributed by atoms with Crippen LogP contribution in [0, 0.1) is 39.7 Å². The number of hydrogen-bond acceptors (Lipinski definition) is 11. The molecule has 0 bridgehead atoms. The summed E-state index contributed by atoms with van der Waals surface area (Å²) in [6.07, 6.45) is 0.564. The highest BCUT2D eigenvalue weighted by molar-refractivity contribution is 7.23. The maximum atomic E-state index is 17.1. The van der Waals surface area contributed by atoms with E-state index in [2.05, 4.69) is 9.97 Å². The highest BCUT2D eigenvalue weighted by Crippen LogP contribution is 2.45. The molecular formula is C33H32F3N7O3S. The molecule has 0 aliphatic carbocycles. The highest BCUT2D eigenvalue weighted by atomic mass is 32.1. The van der Waals surface area contributed by atoms with Gasteiger partial charge < -0.3 is 30.1 Å². The lowest BCUT2D eigenvalue weighted by Gasteiger charge is -2.40. The molecule has 2 aliphatic rings. The third-order valence-corrected chi connectivity index (χ3v) is 9.56. The molecule has 2 aromatic heterocycles. The van der Waals surface area contributed by atoms with E-state index in [4.69, 9.17) is 19.3 Å². The van der Waals surface area contributed by atoms with E-state index in [1.54, 1.807) is 18.7 Å². The van der Waals surface area contributed by atoms with Gasteiger partial charge >= 0.3 is 6.01 Å². The van der Waals surface area contributed by atoms with Gasteiger partial charge in [0.2, 0.25) is 0 Å². The molecule has 2 saturated heterocycles. The molecule has 0 saturated carbocycles. The summed E-state index contributed by atoms with van der Waals surface area (Å²) in [7, 11) is 0. The molecule has 47 heavy (non-hydrogen) atoms. The highest BCUT2D eigenvalue weighted by Gasteiger charge is 2.36. The molecular weight excluding hydrogens is 631 g/mol. The normalized spacial score (nSPS) is 24.4. The summed E-state index contributed by atoms with van der Waals surface area (Å²) in [5.41, 5.74) is 2.39. The topological polar surface area (TPSA) is 145 Å². The molecule has 244 valence electrons. The van der Waals surface area contributed by atoms with Crippen molar-refractivity contribution in [2.45, 2.75) is 25.9 Å². The Morgan fingerprint density at radius 2 is 2.02 bits per heavy atom. The van der Waals surface area contributed by atoms with E-state index in [-0.39, 0.29) is 102 Å². The van der Waals surface area contributed by atoms with Crippen molar-refractivity contribution in [1.82, 2.24) is 14.9 Å². The predicted octanol–water partition coefficient (Wildman–Crippen LogP) is 5.28. The minimum atomic E-state index is -2.43. The smallest absolute Gasteiger partial charge is 0.319 e. The minimum absolute atomic E-state index is 0.00277. The van der Waals surface area contributed by atoms with E-state index in [0.717, 1.165) is 17.4 Å². The number of nitriles is 2. The van der Waals surface area contributed by atoms with Crippen molar-refractivity contribution >= 4 is 43.1 Å². The fourth-order valence-electron chi connectivity index (χ4n) is 6.26. The number of halogens is 3. The van der Waals surface area contributed by atoms with Crippen molar-refractivity contribution in [1.29, 1.82) is 10.5 Å². The van der Waals surface area contributed by atoms with Crippen LogP contribution >= 0.6 is 11.3 Å². The number of β-amino-alcohol motifs (C(OH)–C–C–N with tert-alkyl or cyclic N) is 1. The van der Waals surface area contributed by atoms with Gasteiger partial charge in [-0.3, -0.25) is 0 Å². The molecule has 4 aromatic rings. The first-order valence-corrected chi connectivity index (χ1v) is 15.5. The molecule has 2 aliphatic heterocycles. The molecule has 2 atom stereocenters. The number of nitrogen functional groups attached to an aromatic ring is 1. The fourth-order valence-corrected chi connectivity index (χ4v) is 7.19. The number of aliphatic hydroxyl groups is 1. The maximum absolute atomic E-state index is 17.1. The number of ether oxygens (including phenoxy) is 2. The van der Waals surface area contributed by atoms with E-state index >= 15 is 8.78 Å². The van der Waals surface area contributed by atoms with Gasteiger partial charge in [0, 0.05) is 55.8 Å². The average molecular weight is 667 g/mol. The van der Waals surface area contributed by atoms with Crippen molar-refractivity contribution in [3.8, 4) is 29.3 Å². The molecule has 0 radical (unpaired) electrons. The summed E-state index contributed by atoms with van der Waals surface area (Å²) in [6.45, 7) is 0.848. The second-order valence-electron chi connectivity index (χ2n) is 12.3. The lowest BCUT2D eigenvalue weighted by Crippen LogP contribution is -2.44. The number of piperidine rings is 1. The van der Waals surface area contributed by atoms with Crippen LogP contribution in [0.25, 0.3) is 32.1 Å². The van der Waals surface area contributed by atoms with Crippen molar-refractivity contribution in [2.24, 2.45) is 5.41 Å². The van der Waals surface area contributed by atoms with Crippen LogP contribution in [0.1, 0.15) is 35.5 Å². The number of hydrogen-bond donors (Lipinski definition) is 2. The van der Waals surface area contributed by atoms with Gasteiger partial charge in [-0.1, -0.05) is 6.92 Å². The van der Waals surface area contributed by atoms with Crippen LogP contribution < -0.4 is 15.4 Å². The standard InChI is InChI=1S/C33H32F3N7O3S/c1-32(14-42(3)7-6-19(32)11-34)16-46-31-40-28-20(30(41-31)43-8-9-45-17-33(2,44)15-43)10-18(12-37)24(27(28)36)26-22(35)4-5-23-25(26)21(13-38)29(39)47-23/h4-5,10-11,44H,6-9,14-17,39H2,1-3H3/b19-11+/t32-,33-/m0/s1/i3D3. The van der Waals surface area contributed by atoms with Gasteiger partial charge in [0.05, 0.1) is 43.3 Å². The molecule has 0 spiro atoms. The second kappa shape index (κ2) is 12.3. The molecule has 10 nitrogen and oxygen atoms in total. The summed E-state index contributed by atoms with van der Waals surface area (Å²) in [5.74, 6) is -1.93. The lowest BCUT2D eigenvalue weighted by molar-refractivity contribution is -0.0123. The van der Waals surface area contributed by atoms with Crippen LogP contribution in [-0.4, -0.2) is 78.6 Å².